The summed E-state index contributed by atoms with van der Waals surface area (Å²) in [6, 6.07) is 19.0. The lowest BCUT2D eigenvalue weighted by Gasteiger charge is -2.05. The van der Waals surface area contributed by atoms with E-state index in [4.69, 9.17) is 4.74 Å². The van der Waals surface area contributed by atoms with E-state index in [9.17, 15) is 0 Å². The van der Waals surface area contributed by atoms with Crippen LogP contribution >= 0.6 is 0 Å². The molecule has 5 nitrogen and oxygen atoms in total. The molecule has 0 amide bonds. The smallest absolute Gasteiger partial charge is 0.118 e. The van der Waals surface area contributed by atoms with E-state index in [1.807, 2.05) is 41.2 Å². The SMILES string of the molecule is COc1ccc(CN2CC2Cn2cc(-c3ccccc3)nn2)cc1. The predicted molar refractivity (Wildman–Crippen MR) is 92.7 cm³/mol. The van der Waals surface area contributed by atoms with Crippen molar-refractivity contribution in [2.45, 2.75) is 19.1 Å². The minimum Gasteiger partial charge on any atom is -0.497 e. The van der Waals surface area contributed by atoms with Gasteiger partial charge in [0.25, 0.3) is 0 Å². The van der Waals surface area contributed by atoms with E-state index in [1.165, 1.54) is 5.56 Å². The standard InChI is InChI=1S/C19H20N4O/c1-24-18-9-7-15(8-10-18)11-22-12-17(22)13-23-14-19(20-21-23)16-5-3-2-4-6-16/h2-10,14,17H,11-13H2,1H3. The fraction of sp³-hybridized carbons (Fsp3) is 0.263. The molecule has 0 aliphatic carbocycles. The molecule has 1 aromatic heterocycles. The number of aromatic nitrogens is 3. The monoisotopic (exact) mass is 320 g/mol. The van der Waals surface area contributed by atoms with E-state index < -0.39 is 0 Å². The van der Waals surface area contributed by atoms with Gasteiger partial charge in [0.15, 0.2) is 0 Å². The molecule has 0 radical (unpaired) electrons. The van der Waals surface area contributed by atoms with E-state index in [2.05, 4.69) is 39.5 Å². The fourth-order valence-corrected chi connectivity index (χ4v) is 2.90. The summed E-state index contributed by atoms with van der Waals surface area (Å²) in [5.74, 6) is 0.900. The number of nitrogens with zero attached hydrogens (tertiary/aromatic N) is 4. The quantitative estimate of drug-likeness (QED) is 0.655. The van der Waals surface area contributed by atoms with Crippen LogP contribution in [0, 0.1) is 0 Å². The van der Waals surface area contributed by atoms with E-state index >= 15 is 0 Å². The average molecular weight is 320 g/mol. The Labute approximate surface area is 141 Å². The zero-order valence-electron chi connectivity index (χ0n) is 13.7. The van der Waals surface area contributed by atoms with Gasteiger partial charge in [-0.05, 0) is 17.7 Å². The Morgan fingerprint density at radius 2 is 1.88 bits per heavy atom. The number of ether oxygens (including phenoxy) is 1. The Morgan fingerprint density at radius 3 is 2.62 bits per heavy atom. The number of benzene rings is 2. The van der Waals surface area contributed by atoms with Crippen LogP contribution in [0.25, 0.3) is 11.3 Å². The maximum atomic E-state index is 5.20. The first-order chi connectivity index (χ1) is 11.8. The molecule has 122 valence electrons. The van der Waals surface area contributed by atoms with Crippen molar-refractivity contribution < 1.29 is 4.74 Å². The molecule has 1 saturated heterocycles. The molecule has 0 N–H and O–H groups in total. The van der Waals surface area contributed by atoms with Gasteiger partial charge in [-0.2, -0.15) is 0 Å². The minimum absolute atomic E-state index is 0.539. The van der Waals surface area contributed by atoms with Gasteiger partial charge in [0.05, 0.1) is 19.9 Å². The van der Waals surface area contributed by atoms with E-state index in [0.717, 1.165) is 36.6 Å². The lowest BCUT2D eigenvalue weighted by Crippen LogP contribution is -2.10. The predicted octanol–water partition coefficient (Wildman–Crippen LogP) is 2.84. The zero-order chi connectivity index (χ0) is 16.4. The molecule has 24 heavy (non-hydrogen) atoms. The van der Waals surface area contributed by atoms with Gasteiger partial charge in [0.1, 0.15) is 11.4 Å². The molecule has 0 saturated carbocycles. The maximum Gasteiger partial charge on any atom is 0.118 e. The molecular formula is C19H20N4O. The molecule has 5 heteroatoms. The van der Waals surface area contributed by atoms with Crippen molar-refractivity contribution in [3.63, 3.8) is 0 Å². The summed E-state index contributed by atoms with van der Waals surface area (Å²) in [7, 11) is 1.69. The van der Waals surface area contributed by atoms with Crippen LogP contribution in [-0.4, -0.2) is 39.6 Å². The third kappa shape index (κ3) is 3.31. The molecule has 2 heterocycles. The maximum absolute atomic E-state index is 5.20. The highest BCUT2D eigenvalue weighted by Gasteiger charge is 2.34. The zero-order valence-corrected chi connectivity index (χ0v) is 13.7. The van der Waals surface area contributed by atoms with E-state index in [0.29, 0.717) is 6.04 Å². The Balaban J connectivity index is 1.33. The summed E-state index contributed by atoms with van der Waals surface area (Å²) in [6.07, 6.45) is 2.03. The van der Waals surface area contributed by atoms with Crippen molar-refractivity contribution in [3.05, 3.63) is 66.4 Å². The van der Waals surface area contributed by atoms with Crippen molar-refractivity contribution in [2.24, 2.45) is 0 Å². The normalized spacial score (nSPS) is 19.2. The van der Waals surface area contributed by atoms with Gasteiger partial charge >= 0.3 is 0 Å². The van der Waals surface area contributed by atoms with Crippen LogP contribution < -0.4 is 4.74 Å². The Bertz CT molecular complexity index is 798. The average Bonchev–Trinajstić information content (AvgIpc) is 3.17. The molecule has 4 rings (SSSR count). The van der Waals surface area contributed by atoms with Gasteiger partial charge < -0.3 is 4.74 Å². The lowest BCUT2D eigenvalue weighted by atomic mass is 10.2. The van der Waals surface area contributed by atoms with Gasteiger partial charge in [0, 0.05) is 24.7 Å². The summed E-state index contributed by atoms with van der Waals surface area (Å²) in [5, 5.41) is 8.54. The van der Waals surface area contributed by atoms with Gasteiger partial charge in [-0.25, -0.2) is 0 Å². The van der Waals surface area contributed by atoms with Crippen LogP contribution in [-0.2, 0) is 13.1 Å². The lowest BCUT2D eigenvalue weighted by molar-refractivity contribution is 0.414. The van der Waals surface area contributed by atoms with Crippen molar-refractivity contribution >= 4 is 0 Å². The first kappa shape index (κ1) is 14.9. The number of hydrogen-bond donors (Lipinski definition) is 0. The molecule has 2 unspecified atom stereocenters. The third-order valence-corrected chi connectivity index (χ3v) is 4.38. The molecule has 1 aliphatic rings. The summed E-state index contributed by atoms with van der Waals surface area (Å²) in [4.78, 5) is 2.44. The molecule has 2 atom stereocenters. The summed E-state index contributed by atoms with van der Waals surface area (Å²) >= 11 is 0. The Hall–Kier alpha value is -2.66. The minimum atomic E-state index is 0.539. The second-order valence-corrected chi connectivity index (χ2v) is 6.12. The van der Waals surface area contributed by atoms with Gasteiger partial charge in [-0.1, -0.05) is 47.7 Å². The number of rotatable bonds is 6. The van der Waals surface area contributed by atoms with Crippen LogP contribution in [0.3, 0.4) is 0 Å². The summed E-state index contributed by atoms with van der Waals surface area (Å²) in [6.45, 7) is 2.96. The van der Waals surface area contributed by atoms with Crippen LogP contribution in [0.2, 0.25) is 0 Å². The van der Waals surface area contributed by atoms with Crippen molar-refractivity contribution in [1.82, 2.24) is 19.9 Å². The third-order valence-electron chi connectivity index (χ3n) is 4.38. The fourth-order valence-electron chi connectivity index (χ4n) is 2.90. The molecule has 1 aliphatic heterocycles. The highest BCUT2D eigenvalue weighted by Crippen LogP contribution is 2.24. The molecular weight excluding hydrogens is 300 g/mol. The van der Waals surface area contributed by atoms with Crippen LogP contribution in [0.5, 0.6) is 5.75 Å². The highest BCUT2D eigenvalue weighted by atomic mass is 16.5. The number of methoxy groups -OCH3 is 1. The highest BCUT2D eigenvalue weighted by molar-refractivity contribution is 5.57. The van der Waals surface area contributed by atoms with Crippen molar-refractivity contribution in [2.75, 3.05) is 13.7 Å². The topological polar surface area (TPSA) is 43.0 Å². The first-order valence-corrected chi connectivity index (χ1v) is 8.14. The number of hydrogen-bond acceptors (Lipinski definition) is 4. The largest absolute Gasteiger partial charge is 0.497 e. The van der Waals surface area contributed by atoms with Gasteiger partial charge in [-0.15, -0.1) is 5.10 Å². The van der Waals surface area contributed by atoms with E-state index in [-0.39, 0.29) is 0 Å². The second kappa shape index (κ2) is 6.45. The molecule has 2 aromatic carbocycles. The molecule has 0 spiro atoms. The molecule has 1 fully saturated rings. The summed E-state index contributed by atoms with van der Waals surface area (Å²) in [5.41, 5.74) is 3.34. The summed E-state index contributed by atoms with van der Waals surface area (Å²) < 4.78 is 7.14. The van der Waals surface area contributed by atoms with Gasteiger partial charge in [0.2, 0.25) is 0 Å². The van der Waals surface area contributed by atoms with Crippen LogP contribution in [0.1, 0.15) is 5.56 Å². The Kier molecular flexibility index (Phi) is 4.01. The van der Waals surface area contributed by atoms with Gasteiger partial charge in [-0.3, -0.25) is 9.58 Å². The van der Waals surface area contributed by atoms with Crippen LogP contribution in [0.4, 0.5) is 0 Å². The Morgan fingerprint density at radius 1 is 1.08 bits per heavy atom. The van der Waals surface area contributed by atoms with Crippen molar-refractivity contribution in [1.29, 1.82) is 0 Å². The molecule has 0 bridgehead atoms. The van der Waals surface area contributed by atoms with Crippen molar-refractivity contribution in [3.8, 4) is 17.0 Å². The first-order valence-electron chi connectivity index (χ1n) is 8.14. The van der Waals surface area contributed by atoms with E-state index in [1.54, 1.807) is 7.11 Å². The molecule has 3 aromatic rings. The second-order valence-electron chi connectivity index (χ2n) is 6.12. The van der Waals surface area contributed by atoms with Crippen LogP contribution in [0.15, 0.2) is 60.8 Å².